The molecule has 0 aliphatic rings. The third-order valence-electron chi connectivity index (χ3n) is 3.16. The first-order chi connectivity index (χ1) is 9.79. The predicted molar refractivity (Wildman–Crippen MR) is 77.3 cm³/mol. The summed E-state index contributed by atoms with van der Waals surface area (Å²) in [5.41, 5.74) is 5.41. The van der Waals surface area contributed by atoms with Gasteiger partial charge in [-0.05, 0) is 34.4 Å². The standard InChI is InChI=1S/C16H18F3NO/c1-10(2)9-21-12-7-6-11-4-3-5-13(14(11)8-12)15(20)16(17,18)19/h3-8,10,15H,9,20H2,1-2H3/t15-/m0/s1. The van der Waals surface area contributed by atoms with Gasteiger partial charge in [0.05, 0.1) is 6.61 Å². The molecule has 0 aromatic heterocycles. The summed E-state index contributed by atoms with van der Waals surface area (Å²) < 4.78 is 44.2. The van der Waals surface area contributed by atoms with Crippen molar-refractivity contribution in [3.8, 4) is 5.75 Å². The van der Waals surface area contributed by atoms with Gasteiger partial charge in [-0.3, -0.25) is 0 Å². The van der Waals surface area contributed by atoms with Crippen molar-refractivity contribution in [2.24, 2.45) is 11.7 Å². The van der Waals surface area contributed by atoms with E-state index in [9.17, 15) is 13.2 Å². The quantitative estimate of drug-likeness (QED) is 0.905. The van der Waals surface area contributed by atoms with Gasteiger partial charge in [-0.2, -0.15) is 13.2 Å². The molecule has 0 radical (unpaired) electrons. The lowest BCUT2D eigenvalue weighted by Crippen LogP contribution is -2.28. The SMILES string of the molecule is CC(C)COc1ccc2cccc([C@H](N)C(F)(F)F)c2c1. The minimum atomic E-state index is -4.47. The molecule has 0 amide bonds. The molecule has 0 unspecified atom stereocenters. The molecule has 1 atom stereocenters. The average molecular weight is 297 g/mol. The Morgan fingerprint density at radius 1 is 1.14 bits per heavy atom. The molecule has 0 bridgehead atoms. The smallest absolute Gasteiger partial charge is 0.407 e. The molecule has 0 spiro atoms. The van der Waals surface area contributed by atoms with Crippen molar-refractivity contribution < 1.29 is 17.9 Å². The summed E-state index contributed by atoms with van der Waals surface area (Å²) in [5.74, 6) is 0.895. The summed E-state index contributed by atoms with van der Waals surface area (Å²) in [7, 11) is 0. The Labute approximate surface area is 121 Å². The molecule has 2 aromatic rings. The zero-order chi connectivity index (χ0) is 15.6. The van der Waals surface area contributed by atoms with Gasteiger partial charge in [0, 0.05) is 0 Å². The summed E-state index contributed by atoms with van der Waals surface area (Å²) in [4.78, 5) is 0. The van der Waals surface area contributed by atoms with Gasteiger partial charge in [-0.1, -0.05) is 38.1 Å². The van der Waals surface area contributed by atoms with Crippen LogP contribution in [0.2, 0.25) is 0 Å². The second-order valence-electron chi connectivity index (χ2n) is 5.45. The molecule has 0 heterocycles. The van der Waals surface area contributed by atoms with E-state index in [2.05, 4.69) is 0 Å². The second-order valence-corrected chi connectivity index (χ2v) is 5.45. The highest BCUT2D eigenvalue weighted by molar-refractivity contribution is 5.87. The summed E-state index contributed by atoms with van der Waals surface area (Å²) in [6.07, 6.45) is -4.47. The molecule has 21 heavy (non-hydrogen) atoms. The van der Waals surface area contributed by atoms with Gasteiger partial charge in [0.1, 0.15) is 11.8 Å². The van der Waals surface area contributed by atoms with Crippen LogP contribution in [0.25, 0.3) is 10.8 Å². The summed E-state index contributed by atoms with van der Waals surface area (Å²) in [6, 6.07) is 7.88. The Balaban J connectivity index is 2.44. The number of hydrogen-bond acceptors (Lipinski definition) is 2. The van der Waals surface area contributed by atoms with E-state index in [1.165, 1.54) is 6.07 Å². The summed E-state index contributed by atoms with van der Waals surface area (Å²) >= 11 is 0. The zero-order valence-corrected chi connectivity index (χ0v) is 11.9. The number of benzene rings is 2. The molecule has 0 saturated carbocycles. The molecule has 0 aliphatic carbocycles. The van der Waals surface area contributed by atoms with Crippen LogP contribution in [-0.4, -0.2) is 12.8 Å². The van der Waals surface area contributed by atoms with Crippen LogP contribution < -0.4 is 10.5 Å². The number of fused-ring (bicyclic) bond motifs is 1. The van der Waals surface area contributed by atoms with Crippen LogP contribution in [0, 0.1) is 5.92 Å². The highest BCUT2D eigenvalue weighted by atomic mass is 19.4. The Morgan fingerprint density at radius 2 is 1.86 bits per heavy atom. The first kappa shape index (κ1) is 15.6. The van der Waals surface area contributed by atoms with Crippen LogP contribution in [0.5, 0.6) is 5.75 Å². The van der Waals surface area contributed by atoms with Crippen molar-refractivity contribution in [3.05, 3.63) is 42.0 Å². The topological polar surface area (TPSA) is 35.2 Å². The van der Waals surface area contributed by atoms with Crippen molar-refractivity contribution in [2.45, 2.75) is 26.1 Å². The van der Waals surface area contributed by atoms with Crippen LogP contribution in [0.3, 0.4) is 0 Å². The molecule has 2 nitrogen and oxygen atoms in total. The van der Waals surface area contributed by atoms with E-state index in [4.69, 9.17) is 10.5 Å². The van der Waals surface area contributed by atoms with Crippen LogP contribution >= 0.6 is 0 Å². The van der Waals surface area contributed by atoms with E-state index in [0.717, 1.165) is 0 Å². The number of rotatable bonds is 4. The van der Waals surface area contributed by atoms with Gasteiger partial charge in [0.15, 0.2) is 0 Å². The third kappa shape index (κ3) is 3.67. The molecular formula is C16H18F3NO. The average Bonchev–Trinajstić information content (AvgIpc) is 2.42. The lowest BCUT2D eigenvalue weighted by molar-refractivity contribution is -0.148. The van der Waals surface area contributed by atoms with Crippen molar-refractivity contribution in [1.82, 2.24) is 0 Å². The van der Waals surface area contributed by atoms with Gasteiger partial charge >= 0.3 is 6.18 Å². The third-order valence-corrected chi connectivity index (χ3v) is 3.16. The number of alkyl halides is 3. The molecule has 114 valence electrons. The molecule has 5 heteroatoms. The highest BCUT2D eigenvalue weighted by Crippen LogP contribution is 2.35. The fraction of sp³-hybridized carbons (Fsp3) is 0.375. The van der Waals surface area contributed by atoms with Crippen molar-refractivity contribution in [2.75, 3.05) is 6.61 Å². The van der Waals surface area contributed by atoms with Crippen LogP contribution in [0.15, 0.2) is 36.4 Å². The Bertz CT molecular complexity index is 622. The largest absolute Gasteiger partial charge is 0.493 e. The summed E-state index contributed by atoms with van der Waals surface area (Å²) in [5, 5.41) is 1.19. The van der Waals surface area contributed by atoms with E-state index in [0.29, 0.717) is 29.0 Å². The van der Waals surface area contributed by atoms with Crippen LogP contribution in [0.1, 0.15) is 25.5 Å². The van der Waals surface area contributed by atoms with Crippen LogP contribution in [-0.2, 0) is 0 Å². The number of hydrogen-bond donors (Lipinski definition) is 1. The minimum Gasteiger partial charge on any atom is -0.493 e. The molecule has 0 aliphatic heterocycles. The Kier molecular flexibility index (Phi) is 4.42. The van der Waals surface area contributed by atoms with Gasteiger partial charge in [-0.25, -0.2) is 0 Å². The maximum Gasteiger partial charge on any atom is 0.407 e. The monoisotopic (exact) mass is 297 g/mol. The number of halogens is 3. The highest BCUT2D eigenvalue weighted by Gasteiger charge is 2.38. The lowest BCUT2D eigenvalue weighted by atomic mass is 9.98. The van der Waals surface area contributed by atoms with Gasteiger partial charge < -0.3 is 10.5 Å². The van der Waals surface area contributed by atoms with Crippen molar-refractivity contribution in [1.29, 1.82) is 0 Å². The first-order valence-electron chi connectivity index (χ1n) is 6.77. The van der Waals surface area contributed by atoms with Crippen LogP contribution in [0.4, 0.5) is 13.2 Å². The normalized spacial score (nSPS) is 13.7. The van der Waals surface area contributed by atoms with E-state index < -0.39 is 12.2 Å². The van der Waals surface area contributed by atoms with E-state index in [-0.39, 0.29) is 5.56 Å². The van der Waals surface area contributed by atoms with E-state index in [1.807, 2.05) is 13.8 Å². The maximum atomic E-state index is 12.9. The maximum absolute atomic E-state index is 12.9. The van der Waals surface area contributed by atoms with Gasteiger partial charge in [0.2, 0.25) is 0 Å². The number of ether oxygens (including phenoxy) is 1. The molecule has 2 rings (SSSR count). The number of nitrogens with two attached hydrogens (primary N) is 1. The molecule has 2 aromatic carbocycles. The Hall–Kier alpha value is -1.75. The second kappa shape index (κ2) is 5.93. The lowest BCUT2D eigenvalue weighted by Gasteiger charge is -2.18. The first-order valence-corrected chi connectivity index (χ1v) is 6.77. The fourth-order valence-electron chi connectivity index (χ4n) is 2.08. The van der Waals surface area contributed by atoms with Crippen molar-refractivity contribution >= 4 is 10.8 Å². The summed E-state index contributed by atoms with van der Waals surface area (Å²) in [6.45, 7) is 4.52. The van der Waals surface area contributed by atoms with Crippen molar-refractivity contribution in [3.63, 3.8) is 0 Å². The zero-order valence-electron chi connectivity index (χ0n) is 11.9. The van der Waals surface area contributed by atoms with Gasteiger partial charge in [0.25, 0.3) is 0 Å². The molecule has 2 N–H and O–H groups in total. The molecule has 0 saturated heterocycles. The Morgan fingerprint density at radius 3 is 2.48 bits per heavy atom. The molecule has 0 fully saturated rings. The minimum absolute atomic E-state index is 0.0648. The van der Waals surface area contributed by atoms with E-state index in [1.54, 1.807) is 30.3 Å². The fourth-order valence-corrected chi connectivity index (χ4v) is 2.08. The van der Waals surface area contributed by atoms with E-state index >= 15 is 0 Å². The van der Waals surface area contributed by atoms with Gasteiger partial charge in [-0.15, -0.1) is 0 Å². The predicted octanol–water partition coefficient (Wildman–Crippen LogP) is 4.44. The molecular weight excluding hydrogens is 279 g/mol.